The Morgan fingerprint density at radius 2 is 1.91 bits per heavy atom. The maximum Gasteiger partial charge on any atom is 0.272 e. The molecule has 0 aliphatic rings. The molecule has 0 unspecified atom stereocenters. The lowest BCUT2D eigenvalue weighted by atomic mass is 10.2. The van der Waals surface area contributed by atoms with Gasteiger partial charge in [0.05, 0.1) is 26.0 Å². The van der Waals surface area contributed by atoms with Crippen LogP contribution in [0.4, 0.5) is 0 Å². The summed E-state index contributed by atoms with van der Waals surface area (Å²) >= 11 is 3.24. The Kier molecular flexibility index (Phi) is 5.53. The summed E-state index contributed by atoms with van der Waals surface area (Å²) in [6, 6.07) is 4.76. The molecule has 7 nitrogen and oxygen atoms in total. The zero-order valence-electron chi connectivity index (χ0n) is 12.4. The molecule has 1 heterocycles. The van der Waals surface area contributed by atoms with Crippen LogP contribution in [0.3, 0.4) is 0 Å². The second kappa shape index (κ2) is 7.59. The fourth-order valence-corrected chi connectivity index (χ4v) is 2.12. The first-order valence-electron chi connectivity index (χ1n) is 6.44. The highest BCUT2D eigenvalue weighted by Gasteiger charge is 2.10. The van der Waals surface area contributed by atoms with Crippen LogP contribution in [0.25, 0.3) is 0 Å². The largest absolute Gasteiger partial charge is 0.502 e. The molecule has 23 heavy (non-hydrogen) atoms. The lowest BCUT2D eigenvalue weighted by Crippen LogP contribution is -2.17. The van der Waals surface area contributed by atoms with E-state index < -0.39 is 5.91 Å². The van der Waals surface area contributed by atoms with Gasteiger partial charge >= 0.3 is 0 Å². The third-order valence-electron chi connectivity index (χ3n) is 2.85. The molecule has 0 bridgehead atoms. The lowest BCUT2D eigenvalue weighted by molar-refractivity contribution is 0.0954. The number of halogens is 1. The van der Waals surface area contributed by atoms with E-state index in [1.165, 1.54) is 26.6 Å². The molecular formula is C15H14BrN3O4. The number of pyridine rings is 1. The van der Waals surface area contributed by atoms with Gasteiger partial charge in [-0.2, -0.15) is 5.10 Å². The Balaban J connectivity index is 2.13. The van der Waals surface area contributed by atoms with Crippen molar-refractivity contribution in [1.29, 1.82) is 0 Å². The first kappa shape index (κ1) is 16.8. The SMILES string of the molecule is COc1cc(/C=N\NC(=O)c2cncc(Br)c2)cc(OC)c1O. The fraction of sp³-hybridized carbons (Fsp3) is 0.133. The second-order valence-electron chi connectivity index (χ2n) is 4.36. The van der Waals surface area contributed by atoms with Crippen molar-refractivity contribution in [3.05, 3.63) is 46.2 Å². The summed E-state index contributed by atoms with van der Waals surface area (Å²) in [6.07, 6.45) is 4.42. The van der Waals surface area contributed by atoms with E-state index in [0.717, 1.165) is 0 Å². The lowest BCUT2D eigenvalue weighted by Gasteiger charge is -2.09. The Labute approximate surface area is 141 Å². The molecule has 8 heteroatoms. The second-order valence-corrected chi connectivity index (χ2v) is 5.28. The van der Waals surface area contributed by atoms with Crippen molar-refractivity contribution in [2.45, 2.75) is 0 Å². The number of nitrogens with one attached hydrogen (secondary N) is 1. The maximum atomic E-state index is 11.9. The fourth-order valence-electron chi connectivity index (χ4n) is 1.75. The van der Waals surface area contributed by atoms with E-state index in [-0.39, 0.29) is 17.2 Å². The summed E-state index contributed by atoms with van der Waals surface area (Å²) in [5.41, 5.74) is 3.35. The average molecular weight is 380 g/mol. The van der Waals surface area contributed by atoms with Crippen molar-refractivity contribution in [3.63, 3.8) is 0 Å². The number of hydrazone groups is 1. The molecule has 1 aromatic carbocycles. The monoisotopic (exact) mass is 379 g/mol. The van der Waals surface area contributed by atoms with E-state index in [2.05, 4.69) is 31.4 Å². The average Bonchev–Trinajstić information content (AvgIpc) is 2.55. The highest BCUT2D eigenvalue weighted by molar-refractivity contribution is 9.10. The van der Waals surface area contributed by atoms with Crippen LogP contribution in [-0.2, 0) is 0 Å². The van der Waals surface area contributed by atoms with Crippen LogP contribution < -0.4 is 14.9 Å². The van der Waals surface area contributed by atoms with Crippen molar-refractivity contribution in [3.8, 4) is 17.2 Å². The number of phenolic OH excluding ortho intramolecular Hbond substituents is 1. The van der Waals surface area contributed by atoms with Crippen LogP contribution in [0, 0.1) is 0 Å². The zero-order valence-corrected chi connectivity index (χ0v) is 14.0. The number of aromatic hydroxyl groups is 1. The molecule has 1 aromatic heterocycles. The van der Waals surface area contributed by atoms with Crippen LogP contribution in [0.2, 0.25) is 0 Å². The minimum absolute atomic E-state index is 0.101. The summed E-state index contributed by atoms with van der Waals surface area (Å²) in [6.45, 7) is 0. The van der Waals surface area contributed by atoms with Gasteiger partial charge in [0.2, 0.25) is 5.75 Å². The van der Waals surface area contributed by atoms with E-state index in [1.54, 1.807) is 24.4 Å². The highest BCUT2D eigenvalue weighted by atomic mass is 79.9. The Morgan fingerprint density at radius 1 is 1.26 bits per heavy atom. The van der Waals surface area contributed by atoms with Crippen LogP contribution >= 0.6 is 15.9 Å². The van der Waals surface area contributed by atoms with Crippen LogP contribution in [0.5, 0.6) is 17.2 Å². The van der Waals surface area contributed by atoms with Crippen molar-refractivity contribution in [2.24, 2.45) is 5.10 Å². The molecule has 0 saturated carbocycles. The highest BCUT2D eigenvalue weighted by Crippen LogP contribution is 2.36. The minimum Gasteiger partial charge on any atom is -0.502 e. The van der Waals surface area contributed by atoms with Crippen LogP contribution in [0.15, 0.2) is 40.2 Å². The van der Waals surface area contributed by atoms with Crippen molar-refractivity contribution < 1.29 is 19.4 Å². The molecule has 0 radical (unpaired) electrons. The van der Waals surface area contributed by atoms with Gasteiger partial charge in [-0.25, -0.2) is 5.43 Å². The van der Waals surface area contributed by atoms with E-state index in [0.29, 0.717) is 15.6 Å². The molecule has 0 atom stereocenters. The molecule has 2 N–H and O–H groups in total. The quantitative estimate of drug-likeness (QED) is 0.614. The summed E-state index contributed by atoms with van der Waals surface area (Å²) < 4.78 is 10.8. The number of rotatable bonds is 5. The van der Waals surface area contributed by atoms with Crippen molar-refractivity contribution in [1.82, 2.24) is 10.4 Å². The third kappa shape index (κ3) is 4.19. The normalized spacial score (nSPS) is 10.6. The Bertz CT molecular complexity index is 724. The number of carbonyl (C=O) groups excluding carboxylic acids is 1. The Hall–Kier alpha value is -2.61. The molecule has 0 spiro atoms. The van der Waals surface area contributed by atoms with Gasteiger partial charge in [0.25, 0.3) is 5.91 Å². The summed E-state index contributed by atoms with van der Waals surface area (Å²) in [5, 5.41) is 13.7. The van der Waals surface area contributed by atoms with Gasteiger partial charge in [0.15, 0.2) is 11.5 Å². The number of benzene rings is 1. The van der Waals surface area contributed by atoms with E-state index in [4.69, 9.17) is 9.47 Å². The van der Waals surface area contributed by atoms with Crippen LogP contribution in [-0.4, -0.2) is 36.4 Å². The first-order chi connectivity index (χ1) is 11.0. The van der Waals surface area contributed by atoms with Gasteiger partial charge in [-0.3, -0.25) is 9.78 Å². The number of ether oxygens (including phenoxy) is 2. The first-order valence-corrected chi connectivity index (χ1v) is 7.23. The molecule has 0 aliphatic carbocycles. The van der Waals surface area contributed by atoms with Crippen molar-refractivity contribution >= 4 is 28.1 Å². The third-order valence-corrected chi connectivity index (χ3v) is 3.28. The van der Waals surface area contributed by atoms with E-state index >= 15 is 0 Å². The maximum absolute atomic E-state index is 11.9. The van der Waals surface area contributed by atoms with E-state index in [1.807, 2.05) is 0 Å². The number of carbonyl (C=O) groups is 1. The summed E-state index contributed by atoms with van der Waals surface area (Å²) in [7, 11) is 2.86. The van der Waals surface area contributed by atoms with Gasteiger partial charge in [-0.1, -0.05) is 0 Å². The molecule has 0 saturated heterocycles. The van der Waals surface area contributed by atoms with Gasteiger partial charge in [0.1, 0.15) is 0 Å². The number of amides is 1. The number of phenols is 1. The number of hydrogen-bond donors (Lipinski definition) is 2. The van der Waals surface area contributed by atoms with Gasteiger partial charge < -0.3 is 14.6 Å². The smallest absolute Gasteiger partial charge is 0.272 e. The molecule has 2 aromatic rings. The molecule has 120 valence electrons. The van der Waals surface area contributed by atoms with E-state index in [9.17, 15) is 9.90 Å². The molecular weight excluding hydrogens is 366 g/mol. The predicted octanol–water partition coefficient (Wildman–Crippen LogP) is 2.33. The summed E-state index contributed by atoms with van der Waals surface area (Å²) in [5.74, 6) is -0.00853. The standard InChI is InChI=1S/C15H14BrN3O4/c1-22-12-3-9(4-13(23-2)14(12)20)6-18-19-15(21)10-5-11(16)8-17-7-10/h3-8,20H,1-2H3,(H,19,21)/b18-6-. The number of nitrogens with zero attached hydrogens (tertiary/aromatic N) is 2. The minimum atomic E-state index is -0.396. The van der Waals surface area contributed by atoms with Gasteiger partial charge in [0, 0.05) is 22.4 Å². The molecule has 1 amide bonds. The zero-order chi connectivity index (χ0) is 16.8. The van der Waals surface area contributed by atoms with Gasteiger partial charge in [-0.15, -0.1) is 0 Å². The summed E-state index contributed by atoms with van der Waals surface area (Å²) in [4.78, 5) is 15.8. The topological polar surface area (TPSA) is 93.0 Å². The Morgan fingerprint density at radius 3 is 2.48 bits per heavy atom. The predicted molar refractivity (Wildman–Crippen MR) is 88.2 cm³/mol. The number of aromatic nitrogens is 1. The van der Waals surface area contributed by atoms with Gasteiger partial charge in [-0.05, 0) is 34.1 Å². The molecule has 2 rings (SSSR count). The molecule has 0 fully saturated rings. The van der Waals surface area contributed by atoms with Crippen LogP contribution in [0.1, 0.15) is 15.9 Å². The van der Waals surface area contributed by atoms with Crippen molar-refractivity contribution in [2.75, 3.05) is 14.2 Å². The number of hydrogen-bond acceptors (Lipinski definition) is 6. The molecule has 0 aliphatic heterocycles. The number of methoxy groups -OCH3 is 2.